The minimum atomic E-state index is -5.92. The van der Waals surface area contributed by atoms with Gasteiger partial charge in [0.15, 0.2) is 0 Å². The summed E-state index contributed by atoms with van der Waals surface area (Å²) in [5, 5.41) is 8.99. The number of hydrogen-bond donors (Lipinski definition) is 1. The van der Waals surface area contributed by atoms with Gasteiger partial charge < -0.3 is 14.6 Å². The summed E-state index contributed by atoms with van der Waals surface area (Å²) in [5.74, 6) is -0.439. The number of hydrogen-bond acceptors (Lipinski definition) is 5. The van der Waals surface area contributed by atoms with Crippen molar-refractivity contribution in [1.82, 2.24) is 0 Å². The second-order valence-corrected chi connectivity index (χ2v) is 10.8. The van der Waals surface area contributed by atoms with Crippen LogP contribution in [0.15, 0.2) is 0 Å². The van der Waals surface area contributed by atoms with Crippen LogP contribution in [0.5, 0.6) is 0 Å². The van der Waals surface area contributed by atoms with E-state index in [2.05, 4.69) is 18.6 Å². The lowest BCUT2D eigenvalue weighted by molar-refractivity contribution is -0.373. The van der Waals surface area contributed by atoms with Gasteiger partial charge in [-0.15, -0.1) is 0 Å². The zero-order valence-electron chi connectivity index (χ0n) is 23.7. The first-order chi connectivity index (χ1) is 16.6. The third-order valence-electron chi connectivity index (χ3n) is 6.70. The third-order valence-corrected chi connectivity index (χ3v) is 6.70. The van der Waals surface area contributed by atoms with E-state index in [1.807, 2.05) is 20.8 Å². The standard InChI is InChI=1S/C14H28O2.C12H18F6O3/c1-6-9-10-12(7-2)11-16-13(15)14(4,5)8-3;1-5-9(3,4)8(19)21-7(2)6-10(20,11(13,14)15)12(16,17)18/h12H,6-11H2,1-5H3;7,20H,5-6H2,1-4H3. The number of ether oxygens (including phenoxy) is 2. The normalized spacial score (nSPS) is 14.8. The number of esters is 2. The van der Waals surface area contributed by atoms with Crippen LogP contribution in [0.25, 0.3) is 0 Å². The molecule has 0 spiro atoms. The molecule has 0 radical (unpaired) electrons. The summed E-state index contributed by atoms with van der Waals surface area (Å²) >= 11 is 0. The van der Waals surface area contributed by atoms with Crippen molar-refractivity contribution in [1.29, 1.82) is 0 Å². The average Bonchev–Trinajstić information content (AvgIpc) is 2.77. The Morgan fingerprint density at radius 1 is 0.811 bits per heavy atom. The second kappa shape index (κ2) is 15.2. The summed E-state index contributed by atoms with van der Waals surface area (Å²) in [6, 6.07) is 0. The highest BCUT2D eigenvalue weighted by molar-refractivity contribution is 5.76. The molecule has 0 aromatic rings. The SMILES string of the molecule is CCC(C)(C)C(=O)OC(C)CC(O)(C(F)(F)F)C(F)(F)F.CCCCC(CC)COC(=O)C(C)(C)CC. The summed E-state index contributed by atoms with van der Waals surface area (Å²) in [6.45, 7) is 16.3. The molecule has 0 saturated carbocycles. The highest BCUT2D eigenvalue weighted by Crippen LogP contribution is 2.46. The topological polar surface area (TPSA) is 72.8 Å². The van der Waals surface area contributed by atoms with Gasteiger partial charge in [0.2, 0.25) is 0 Å². The minimum absolute atomic E-state index is 0.0510. The molecule has 0 amide bonds. The van der Waals surface area contributed by atoms with Crippen molar-refractivity contribution in [3.05, 3.63) is 0 Å². The molecule has 0 aliphatic heterocycles. The van der Waals surface area contributed by atoms with Crippen molar-refractivity contribution < 1.29 is 50.5 Å². The molecule has 0 aliphatic carbocycles. The van der Waals surface area contributed by atoms with Gasteiger partial charge in [0, 0.05) is 6.42 Å². The van der Waals surface area contributed by atoms with Crippen molar-refractivity contribution in [2.24, 2.45) is 16.7 Å². The molecule has 2 atom stereocenters. The summed E-state index contributed by atoms with van der Waals surface area (Å²) in [4.78, 5) is 23.4. The van der Waals surface area contributed by atoms with Crippen molar-refractivity contribution >= 4 is 11.9 Å². The predicted octanol–water partition coefficient (Wildman–Crippen LogP) is 7.78. The van der Waals surface area contributed by atoms with Gasteiger partial charge in [0.05, 0.1) is 17.4 Å². The Balaban J connectivity index is 0. The number of aliphatic hydroxyl groups is 1. The molecule has 0 rings (SSSR count). The van der Waals surface area contributed by atoms with Gasteiger partial charge in [-0.3, -0.25) is 9.59 Å². The van der Waals surface area contributed by atoms with Crippen molar-refractivity contribution in [3.8, 4) is 0 Å². The number of unbranched alkanes of at least 4 members (excludes halogenated alkanes) is 1. The molecule has 0 fully saturated rings. The molecular weight excluding hydrogens is 506 g/mol. The van der Waals surface area contributed by atoms with Crippen LogP contribution in [0.3, 0.4) is 0 Å². The summed E-state index contributed by atoms with van der Waals surface area (Å²) in [6.07, 6.45) is -9.58. The van der Waals surface area contributed by atoms with Gasteiger partial charge in [-0.25, -0.2) is 0 Å². The zero-order chi connectivity index (χ0) is 29.9. The highest BCUT2D eigenvalue weighted by atomic mass is 19.4. The molecule has 37 heavy (non-hydrogen) atoms. The average molecular weight is 553 g/mol. The monoisotopic (exact) mass is 552 g/mol. The fourth-order valence-corrected chi connectivity index (χ4v) is 2.77. The Bertz CT molecular complexity index is 672. The number of rotatable bonds is 13. The van der Waals surface area contributed by atoms with E-state index in [-0.39, 0.29) is 11.4 Å². The molecule has 0 aliphatic rings. The molecule has 0 heterocycles. The van der Waals surface area contributed by atoms with E-state index in [0.29, 0.717) is 18.9 Å². The number of halogens is 6. The smallest absolute Gasteiger partial charge is 0.426 e. The fourth-order valence-electron chi connectivity index (χ4n) is 2.77. The third kappa shape index (κ3) is 12.3. The Morgan fingerprint density at radius 2 is 1.24 bits per heavy atom. The molecule has 5 nitrogen and oxygen atoms in total. The number of alkyl halides is 6. The van der Waals surface area contributed by atoms with Gasteiger partial charge in [-0.2, -0.15) is 26.3 Å². The molecule has 0 saturated heterocycles. The fraction of sp³-hybridized carbons (Fsp3) is 0.923. The lowest BCUT2D eigenvalue weighted by Crippen LogP contribution is -2.58. The van der Waals surface area contributed by atoms with E-state index < -0.39 is 41.9 Å². The van der Waals surface area contributed by atoms with Gasteiger partial charge in [-0.1, -0.05) is 47.0 Å². The summed E-state index contributed by atoms with van der Waals surface area (Å²) in [5.41, 5.74) is -6.29. The maximum absolute atomic E-state index is 12.5. The van der Waals surface area contributed by atoms with Crippen LogP contribution in [0.2, 0.25) is 0 Å². The van der Waals surface area contributed by atoms with Gasteiger partial charge in [0.25, 0.3) is 5.60 Å². The van der Waals surface area contributed by atoms with Gasteiger partial charge in [-0.05, 0) is 59.8 Å². The number of carbonyl (C=O) groups excluding carboxylic acids is 2. The van der Waals surface area contributed by atoms with Crippen molar-refractivity contribution in [2.45, 2.75) is 131 Å². The zero-order valence-corrected chi connectivity index (χ0v) is 23.7. The van der Waals surface area contributed by atoms with Crippen LogP contribution in [0, 0.1) is 16.7 Å². The van der Waals surface area contributed by atoms with Crippen LogP contribution >= 0.6 is 0 Å². The van der Waals surface area contributed by atoms with E-state index >= 15 is 0 Å². The van der Waals surface area contributed by atoms with Crippen LogP contribution in [0.1, 0.15) is 107 Å². The van der Waals surface area contributed by atoms with Crippen LogP contribution in [-0.4, -0.2) is 47.7 Å². The lowest BCUT2D eigenvalue weighted by atomic mass is 9.90. The first-order valence-electron chi connectivity index (χ1n) is 12.8. The molecule has 0 aromatic heterocycles. The molecule has 2 unspecified atom stereocenters. The molecule has 11 heteroatoms. The van der Waals surface area contributed by atoms with Crippen LogP contribution in [-0.2, 0) is 19.1 Å². The van der Waals surface area contributed by atoms with Gasteiger partial charge in [0.1, 0.15) is 6.10 Å². The van der Waals surface area contributed by atoms with Crippen molar-refractivity contribution in [2.75, 3.05) is 6.61 Å². The van der Waals surface area contributed by atoms with E-state index in [9.17, 15) is 35.9 Å². The van der Waals surface area contributed by atoms with Crippen LogP contribution < -0.4 is 0 Å². The van der Waals surface area contributed by atoms with Gasteiger partial charge >= 0.3 is 24.3 Å². The summed E-state index contributed by atoms with van der Waals surface area (Å²) in [7, 11) is 0. The minimum Gasteiger partial charge on any atom is -0.465 e. The maximum atomic E-state index is 12.5. The van der Waals surface area contributed by atoms with Crippen LogP contribution in [0.4, 0.5) is 26.3 Å². The van der Waals surface area contributed by atoms with E-state index in [1.54, 1.807) is 6.92 Å². The molecule has 1 N–H and O–H groups in total. The molecule has 0 aromatic carbocycles. The number of carbonyl (C=O) groups is 2. The Hall–Kier alpha value is -1.52. The molecule has 222 valence electrons. The second-order valence-electron chi connectivity index (χ2n) is 10.8. The summed E-state index contributed by atoms with van der Waals surface area (Å²) < 4.78 is 84.9. The Morgan fingerprint density at radius 3 is 1.59 bits per heavy atom. The maximum Gasteiger partial charge on any atom is 0.426 e. The van der Waals surface area contributed by atoms with E-state index in [0.717, 1.165) is 19.8 Å². The first kappa shape index (κ1) is 37.6. The Labute approximate surface area is 217 Å². The lowest BCUT2D eigenvalue weighted by Gasteiger charge is -2.34. The highest BCUT2D eigenvalue weighted by Gasteiger charge is 2.70. The molecule has 0 bridgehead atoms. The predicted molar refractivity (Wildman–Crippen MR) is 130 cm³/mol. The molecular formula is C26H46F6O5. The van der Waals surface area contributed by atoms with Crippen molar-refractivity contribution in [3.63, 3.8) is 0 Å². The van der Waals surface area contributed by atoms with E-state index in [4.69, 9.17) is 9.84 Å². The quantitative estimate of drug-likeness (QED) is 0.187. The van der Waals surface area contributed by atoms with E-state index in [1.165, 1.54) is 33.1 Å². The Kier molecular flexibility index (Phi) is 15.4. The largest absolute Gasteiger partial charge is 0.465 e. The first-order valence-corrected chi connectivity index (χ1v) is 12.8.